The zero-order valence-electron chi connectivity index (χ0n) is 17.4. The zero-order chi connectivity index (χ0) is 20.9. The summed E-state index contributed by atoms with van der Waals surface area (Å²) in [5.74, 6) is 1.99. The molecule has 1 N–H and O–H groups in total. The van der Waals surface area contributed by atoms with Crippen molar-refractivity contribution in [3.63, 3.8) is 0 Å². The topological polar surface area (TPSA) is 86.5 Å². The van der Waals surface area contributed by atoms with Crippen LogP contribution in [0.4, 0.5) is 0 Å². The molecule has 0 radical (unpaired) electrons. The van der Waals surface area contributed by atoms with Crippen LogP contribution in [0.15, 0.2) is 29.3 Å². The molecule has 1 amide bonds. The lowest BCUT2D eigenvalue weighted by Crippen LogP contribution is -2.46. The Morgan fingerprint density at radius 3 is 2.52 bits per heavy atom. The smallest absolute Gasteiger partial charge is 0.252 e. The van der Waals surface area contributed by atoms with E-state index in [0.717, 1.165) is 44.1 Å². The van der Waals surface area contributed by atoms with Gasteiger partial charge in [-0.3, -0.25) is 4.79 Å². The number of carbonyl (C=O) groups is 1. The molecule has 1 aromatic carbocycles. The molecule has 1 aliphatic rings. The van der Waals surface area contributed by atoms with Gasteiger partial charge in [0, 0.05) is 18.1 Å². The average molecular weight is 399 g/mol. The third kappa shape index (κ3) is 4.44. The average Bonchev–Trinajstić information content (AvgIpc) is 3.02. The van der Waals surface area contributed by atoms with Gasteiger partial charge in [-0.2, -0.15) is 4.98 Å². The van der Waals surface area contributed by atoms with Gasteiger partial charge >= 0.3 is 0 Å². The van der Waals surface area contributed by atoms with Gasteiger partial charge in [0.25, 0.3) is 5.91 Å². The second-order valence-corrected chi connectivity index (χ2v) is 7.45. The summed E-state index contributed by atoms with van der Waals surface area (Å²) in [6.45, 7) is 5.56. The van der Waals surface area contributed by atoms with Gasteiger partial charge in [0.05, 0.1) is 14.2 Å². The molecule has 0 spiro atoms. The van der Waals surface area contributed by atoms with Gasteiger partial charge in [-0.15, -0.1) is 6.58 Å². The molecule has 3 rings (SSSR count). The third-order valence-corrected chi connectivity index (χ3v) is 5.45. The van der Waals surface area contributed by atoms with E-state index in [9.17, 15) is 4.79 Å². The van der Waals surface area contributed by atoms with Crippen molar-refractivity contribution in [2.24, 2.45) is 0 Å². The Morgan fingerprint density at radius 1 is 1.24 bits per heavy atom. The number of amides is 1. The van der Waals surface area contributed by atoms with Crippen LogP contribution in [-0.2, 0) is 12.0 Å². The number of nitrogens with zero attached hydrogens (tertiary/aromatic N) is 2. The highest BCUT2D eigenvalue weighted by Gasteiger charge is 2.39. The number of aromatic nitrogens is 2. The minimum Gasteiger partial charge on any atom is -0.493 e. The van der Waals surface area contributed by atoms with E-state index in [0.29, 0.717) is 35.2 Å². The molecule has 2 aromatic rings. The molecule has 156 valence electrons. The van der Waals surface area contributed by atoms with Crippen molar-refractivity contribution in [1.29, 1.82) is 0 Å². The predicted octanol–water partition coefficient (Wildman–Crippen LogP) is 4.10. The molecule has 7 nitrogen and oxygen atoms in total. The Kier molecular flexibility index (Phi) is 6.56. The van der Waals surface area contributed by atoms with Gasteiger partial charge in [0.1, 0.15) is 5.54 Å². The molecule has 1 fully saturated rings. The van der Waals surface area contributed by atoms with Gasteiger partial charge in [0.2, 0.25) is 5.89 Å². The predicted molar refractivity (Wildman–Crippen MR) is 109 cm³/mol. The summed E-state index contributed by atoms with van der Waals surface area (Å²) in [6, 6.07) is 3.52. The monoisotopic (exact) mass is 399 g/mol. The fourth-order valence-electron chi connectivity index (χ4n) is 4.00. The first-order valence-corrected chi connectivity index (χ1v) is 10.0. The summed E-state index contributed by atoms with van der Waals surface area (Å²) in [4.78, 5) is 17.8. The minimum atomic E-state index is -0.628. The summed E-state index contributed by atoms with van der Waals surface area (Å²) in [6.07, 6.45) is 8.17. The summed E-state index contributed by atoms with van der Waals surface area (Å²) in [5.41, 5.74) is 0.720. The standard InChI is InChI=1S/C22H29N3O4/c1-5-10-16-13-17(14-18(27-3)19(16)28-4)20(26)24-22(11-8-6-7-9-12-22)21-23-15(2)29-25-21/h5,13-14H,1,6-12H2,2-4H3,(H,24,26). The number of hydrogen-bond acceptors (Lipinski definition) is 6. The fourth-order valence-corrected chi connectivity index (χ4v) is 4.00. The van der Waals surface area contributed by atoms with E-state index < -0.39 is 5.54 Å². The molecular weight excluding hydrogens is 370 g/mol. The van der Waals surface area contributed by atoms with Crippen molar-refractivity contribution < 1.29 is 18.8 Å². The molecule has 7 heteroatoms. The molecule has 0 aliphatic heterocycles. The minimum absolute atomic E-state index is 0.194. The lowest BCUT2D eigenvalue weighted by Gasteiger charge is -2.31. The number of hydrogen-bond donors (Lipinski definition) is 1. The van der Waals surface area contributed by atoms with E-state index in [4.69, 9.17) is 14.0 Å². The van der Waals surface area contributed by atoms with Crippen LogP contribution in [0.1, 0.15) is 66.2 Å². The van der Waals surface area contributed by atoms with E-state index in [-0.39, 0.29) is 5.91 Å². The molecule has 1 aliphatic carbocycles. The van der Waals surface area contributed by atoms with Crippen molar-refractivity contribution in [3.8, 4) is 11.5 Å². The molecule has 1 heterocycles. The van der Waals surface area contributed by atoms with Gasteiger partial charge in [-0.25, -0.2) is 0 Å². The Hall–Kier alpha value is -2.83. The number of nitrogens with one attached hydrogen (secondary N) is 1. The number of benzene rings is 1. The molecule has 0 bridgehead atoms. The van der Waals surface area contributed by atoms with Crippen molar-refractivity contribution in [2.45, 2.75) is 57.4 Å². The van der Waals surface area contributed by atoms with Crippen LogP contribution >= 0.6 is 0 Å². The summed E-state index contributed by atoms with van der Waals surface area (Å²) < 4.78 is 16.2. The maximum absolute atomic E-state index is 13.3. The Labute approximate surface area is 171 Å². The lowest BCUT2D eigenvalue weighted by atomic mass is 9.88. The third-order valence-electron chi connectivity index (χ3n) is 5.45. The van der Waals surface area contributed by atoms with Crippen LogP contribution in [0, 0.1) is 6.92 Å². The van der Waals surface area contributed by atoms with Gasteiger partial charge in [-0.1, -0.05) is 36.9 Å². The van der Waals surface area contributed by atoms with E-state index >= 15 is 0 Å². The molecule has 0 unspecified atom stereocenters. The second-order valence-electron chi connectivity index (χ2n) is 7.45. The summed E-state index contributed by atoms with van der Waals surface area (Å²) >= 11 is 0. The van der Waals surface area contributed by atoms with Crippen LogP contribution < -0.4 is 14.8 Å². The zero-order valence-corrected chi connectivity index (χ0v) is 17.4. The molecule has 29 heavy (non-hydrogen) atoms. The number of methoxy groups -OCH3 is 2. The van der Waals surface area contributed by atoms with Crippen LogP contribution in [0.2, 0.25) is 0 Å². The Balaban J connectivity index is 1.97. The highest BCUT2D eigenvalue weighted by atomic mass is 16.5. The van der Waals surface area contributed by atoms with Crippen LogP contribution in [0.25, 0.3) is 0 Å². The maximum atomic E-state index is 13.3. The first-order valence-electron chi connectivity index (χ1n) is 10.0. The van der Waals surface area contributed by atoms with Crippen molar-refractivity contribution in [2.75, 3.05) is 14.2 Å². The van der Waals surface area contributed by atoms with Crippen molar-refractivity contribution in [3.05, 3.63) is 47.6 Å². The normalized spacial score (nSPS) is 16.0. The Bertz CT molecular complexity index is 867. The number of allylic oxidation sites excluding steroid dienone is 1. The highest BCUT2D eigenvalue weighted by molar-refractivity contribution is 5.95. The largest absolute Gasteiger partial charge is 0.493 e. The molecule has 1 saturated carbocycles. The summed E-state index contributed by atoms with van der Waals surface area (Å²) in [5, 5.41) is 7.38. The lowest BCUT2D eigenvalue weighted by molar-refractivity contribution is 0.0876. The fraction of sp³-hybridized carbons (Fsp3) is 0.500. The van der Waals surface area contributed by atoms with E-state index in [2.05, 4.69) is 22.0 Å². The Morgan fingerprint density at radius 2 is 1.97 bits per heavy atom. The number of aryl methyl sites for hydroxylation is 1. The van der Waals surface area contributed by atoms with Gasteiger partial charge in [-0.05, 0) is 31.4 Å². The quantitative estimate of drug-likeness (QED) is 0.557. The second kappa shape index (κ2) is 9.11. The molecule has 0 atom stereocenters. The first-order chi connectivity index (χ1) is 14.0. The van der Waals surface area contributed by atoms with Crippen LogP contribution in [0.3, 0.4) is 0 Å². The SMILES string of the molecule is C=CCc1cc(C(=O)NC2(c3noc(C)n3)CCCCCC2)cc(OC)c1OC. The van der Waals surface area contributed by atoms with Crippen LogP contribution in [-0.4, -0.2) is 30.3 Å². The van der Waals surface area contributed by atoms with Crippen molar-refractivity contribution in [1.82, 2.24) is 15.5 Å². The van der Waals surface area contributed by atoms with Gasteiger partial charge in [0.15, 0.2) is 17.3 Å². The molecule has 1 aromatic heterocycles. The van der Waals surface area contributed by atoms with E-state index in [1.807, 2.05) is 6.07 Å². The summed E-state index contributed by atoms with van der Waals surface area (Å²) in [7, 11) is 3.15. The van der Waals surface area contributed by atoms with E-state index in [1.54, 1.807) is 33.3 Å². The number of ether oxygens (including phenoxy) is 2. The number of carbonyl (C=O) groups excluding carboxylic acids is 1. The van der Waals surface area contributed by atoms with Gasteiger partial charge < -0.3 is 19.3 Å². The molecule has 0 saturated heterocycles. The van der Waals surface area contributed by atoms with Crippen molar-refractivity contribution >= 4 is 5.91 Å². The molecular formula is C22H29N3O4. The van der Waals surface area contributed by atoms with Crippen LogP contribution in [0.5, 0.6) is 11.5 Å². The van der Waals surface area contributed by atoms with E-state index in [1.165, 1.54) is 0 Å². The first kappa shape index (κ1) is 20.9. The highest BCUT2D eigenvalue weighted by Crippen LogP contribution is 2.36. The number of rotatable bonds is 7. The maximum Gasteiger partial charge on any atom is 0.252 e.